The molecule has 1 aromatic heterocycles. The summed E-state index contributed by atoms with van der Waals surface area (Å²) in [7, 11) is -3.90. The summed E-state index contributed by atoms with van der Waals surface area (Å²) in [5.41, 5.74) is 3.31. The molecule has 0 aliphatic rings. The number of carbonyl (C=O) groups excluding carboxylic acids is 1. The summed E-state index contributed by atoms with van der Waals surface area (Å²) in [4.78, 5) is 12.3. The van der Waals surface area contributed by atoms with Gasteiger partial charge in [0.1, 0.15) is 0 Å². The highest BCUT2D eigenvalue weighted by Gasteiger charge is 2.24. The predicted molar refractivity (Wildman–Crippen MR) is 114 cm³/mol. The fourth-order valence-corrected chi connectivity index (χ4v) is 4.93. The molecule has 0 radical (unpaired) electrons. The molecule has 0 aliphatic carbocycles. The smallest absolute Gasteiger partial charge is 0.270 e. The predicted octanol–water partition coefficient (Wildman–Crippen LogP) is 4.10. The minimum absolute atomic E-state index is 0.0640. The number of aryl methyl sites for hydroxylation is 2. The van der Waals surface area contributed by atoms with Crippen LogP contribution in [0.1, 0.15) is 40.0 Å². The number of rotatable bonds is 6. The number of nitrogens with one attached hydrogen (secondary N) is 2. The number of anilines is 1. The third kappa shape index (κ3) is 4.99. The first-order valence-corrected chi connectivity index (χ1v) is 11.3. The van der Waals surface area contributed by atoms with Crippen molar-refractivity contribution in [2.24, 2.45) is 0 Å². The normalized spacial score (nSPS) is 12.6. The van der Waals surface area contributed by atoms with Crippen LogP contribution in [0.3, 0.4) is 0 Å². The fourth-order valence-electron chi connectivity index (χ4n) is 2.56. The van der Waals surface area contributed by atoms with E-state index in [0.29, 0.717) is 0 Å². The molecule has 0 saturated heterocycles. The van der Waals surface area contributed by atoms with Gasteiger partial charge in [-0.05, 0) is 49.6 Å². The van der Waals surface area contributed by atoms with Gasteiger partial charge in [0.2, 0.25) is 9.47 Å². The van der Waals surface area contributed by atoms with Crippen molar-refractivity contribution in [2.45, 2.75) is 31.2 Å². The van der Waals surface area contributed by atoms with Gasteiger partial charge in [-0.3, -0.25) is 10.1 Å². The third-order valence-corrected chi connectivity index (χ3v) is 7.41. The second-order valence-corrected chi connectivity index (χ2v) is 9.77. The number of benzene rings is 2. The summed E-state index contributed by atoms with van der Waals surface area (Å²) in [6, 6.07) is 11.8. The lowest BCUT2D eigenvalue weighted by molar-refractivity contribution is 0.102. The van der Waals surface area contributed by atoms with Crippen LogP contribution in [0.15, 0.2) is 46.8 Å². The molecule has 0 unspecified atom stereocenters. The van der Waals surface area contributed by atoms with E-state index >= 15 is 0 Å². The van der Waals surface area contributed by atoms with Crippen molar-refractivity contribution in [3.05, 3.63) is 69.7 Å². The molecule has 7 nitrogen and oxygen atoms in total. The van der Waals surface area contributed by atoms with Crippen molar-refractivity contribution in [1.29, 1.82) is 0 Å². The summed E-state index contributed by atoms with van der Waals surface area (Å²) in [5, 5.41) is 10.3. The first-order valence-electron chi connectivity index (χ1n) is 8.66. The molecular weight excluding hydrogens is 432 g/mol. The molecule has 0 spiro atoms. The van der Waals surface area contributed by atoms with E-state index in [9.17, 15) is 13.2 Å². The molecule has 2 aromatic carbocycles. The van der Waals surface area contributed by atoms with Crippen molar-refractivity contribution < 1.29 is 13.2 Å². The monoisotopic (exact) mass is 450 g/mol. The number of carbonyl (C=O) groups is 1. The van der Waals surface area contributed by atoms with E-state index in [-0.39, 0.29) is 20.1 Å². The molecule has 2 N–H and O–H groups in total. The molecule has 1 atom stereocenters. The molecule has 152 valence electrons. The zero-order valence-corrected chi connectivity index (χ0v) is 18.3. The van der Waals surface area contributed by atoms with E-state index in [1.54, 1.807) is 31.2 Å². The number of amides is 1. The Labute approximate surface area is 178 Å². The molecule has 10 heteroatoms. The van der Waals surface area contributed by atoms with Crippen molar-refractivity contribution in [1.82, 2.24) is 14.9 Å². The first kappa shape index (κ1) is 21.4. The Hall–Kier alpha value is -2.33. The maximum atomic E-state index is 12.7. The van der Waals surface area contributed by atoms with Gasteiger partial charge in [-0.2, -0.15) is 0 Å². The number of halogens is 1. The van der Waals surface area contributed by atoms with Crippen LogP contribution >= 0.6 is 22.9 Å². The van der Waals surface area contributed by atoms with Crippen molar-refractivity contribution in [3.8, 4) is 0 Å². The molecule has 29 heavy (non-hydrogen) atoms. The second kappa shape index (κ2) is 8.58. The molecular formula is C19H19ClN4O3S2. The van der Waals surface area contributed by atoms with Gasteiger partial charge in [-0.25, -0.2) is 13.1 Å². The second-order valence-electron chi connectivity index (χ2n) is 6.49. The van der Waals surface area contributed by atoms with Gasteiger partial charge in [0.05, 0.1) is 10.6 Å². The maximum Gasteiger partial charge on any atom is 0.270 e. The van der Waals surface area contributed by atoms with Crippen LogP contribution in [0, 0.1) is 13.8 Å². The summed E-state index contributed by atoms with van der Waals surface area (Å²) in [6.45, 7) is 5.72. The highest BCUT2D eigenvalue weighted by atomic mass is 35.5. The largest absolute Gasteiger partial charge is 0.296 e. The average molecular weight is 451 g/mol. The molecule has 1 heterocycles. The van der Waals surface area contributed by atoms with Gasteiger partial charge in [0.15, 0.2) is 0 Å². The standard InChI is InChI=1S/C19H19ClN4O3S2/c1-11-8-9-14(10-12(11)2)13(3)24-29(26,27)19-23-22-18(28-19)21-17(25)15-6-4-5-7-16(15)20/h4-10,13,24H,1-3H3,(H,21,22,25)/t13-/m0/s1. The zero-order valence-electron chi connectivity index (χ0n) is 15.9. The SMILES string of the molecule is Cc1ccc([C@H](C)NS(=O)(=O)c2nnc(NC(=O)c3ccccc3Cl)s2)cc1C. The van der Waals surface area contributed by atoms with E-state index in [1.165, 1.54) is 0 Å². The van der Waals surface area contributed by atoms with Gasteiger partial charge >= 0.3 is 0 Å². The Morgan fingerprint density at radius 3 is 2.52 bits per heavy atom. The number of hydrogen-bond acceptors (Lipinski definition) is 6. The molecule has 0 fully saturated rings. The third-order valence-electron chi connectivity index (χ3n) is 4.34. The quantitative estimate of drug-likeness (QED) is 0.550. The summed E-state index contributed by atoms with van der Waals surface area (Å²) in [5.74, 6) is -0.493. The van der Waals surface area contributed by atoms with Crippen molar-refractivity contribution in [3.63, 3.8) is 0 Å². The van der Waals surface area contributed by atoms with E-state index in [1.807, 2.05) is 32.0 Å². The highest BCUT2D eigenvalue weighted by molar-refractivity contribution is 7.91. The lowest BCUT2D eigenvalue weighted by Gasteiger charge is -2.14. The highest BCUT2D eigenvalue weighted by Crippen LogP contribution is 2.24. The van der Waals surface area contributed by atoms with Crippen LogP contribution in [-0.4, -0.2) is 24.5 Å². The van der Waals surface area contributed by atoms with E-state index in [2.05, 4.69) is 20.2 Å². The Bertz CT molecular complexity index is 1160. The van der Waals surface area contributed by atoms with Gasteiger partial charge in [-0.1, -0.05) is 53.3 Å². The molecule has 3 aromatic rings. The minimum Gasteiger partial charge on any atom is -0.296 e. The van der Waals surface area contributed by atoms with Gasteiger partial charge in [-0.15, -0.1) is 10.2 Å². The molecule has 0 aliphatic heterocycles. The molecule has 0 saturated carbocycles. The van der Waals surface area contributed by atoms with Crippen LogP contribution in [0.25, 0.3) is 0 Å². The maximum absolute atomic E-state index is 12.7. The lowest BCUT2D eigenvalue weighted by Crippen LogP contribution is -2.26. The van der Waals surface area contributed by atoms with Gasteiger partial charge in [0.25, 0.3) is 15.9 Å². The number of aromatic nitrogens is 2. The number of hydrogen-bond donors (Lipinski definition) is 2. The van der Waals surface area contributed by atoms with Crippen LogP contribution in [-0.2, 0) is 10.0 Å². The van der Waals surface area contributed by atoms with Gasteiger partial charge < -0.3 is 0 Å². The van der Waals surface area contributed by atoms with Crippen molar-refractivity contribution in [2.75, 3.05) is 5.32 Å². The zero-order chi connectivity index (χ0) is 21.2. The van der Waals surface area contributed by atoms with Crippen LogP contribution < -0.4 is 10.0 Å². The van der Waals surface area contributed by atoms with E-state index in [4.69, 9.17) is 11.6 Å². The van der Waals surface area contributed by atoms with E-state index < -0.39 is 22.0 Å². The molecule has 0 bridgehead atoms. The van der Waals surface area contributed by atoms with Crippen LogP contribution in [0.2, 0.25) is 5.02 Å². The topological polar surface area (TPSA) is 101 Å². The summed E-state index contributed by atoms with van der Waals surface area (Å²) >= 11 is 6.76. The summed E-state index contributed by atoms with van der Waals surface area (Å²) < 4.78 is 27.7. The first-order chi connectivity index (χ1) is 13.7. The van der Waals surface area contributed by atoms with E-state index in [0.717, 1.165) is 28.0 Å². The summed E-state index contributed by atoms with van der Waals surface area (Å²) in [6.07, 6.45) is 0. The van der Waals surface area contributed by atoms with Crippen molar-refractivity contribution >= 4 is 44.0 Å². The Kier molecular flexibility index (Phi) is 6.33. The van der Waals surface area contributed by atoms with Crippen LogP contribution in [0.5, 0.6) is 0 Å². The van der Waals surface area contributed by atoms with Crippen LogP contribution in [0.4, 0.5) is 5.13 Å². The lowest BCUT2D eigenvalue weighted by atomic mass is 10.0. The molecule has 1 amide bonds. The number of nitrogens with zero attached hydrogens (tertiary/aromatic N) is 2. The number of sulfonamides is 1. The fraction of sp³-hybridized carbons (Fsp3) is 0.211. The Morgan fingerprint density at radius 1 is 1.10 bits per heavy atom. The average Bonchev–Trinajstić information content (AvgIpc) is 3.13. The minimum atomic E-state index is -3.90. The Balaban J connectivity index is 1.73. The Morgan fingerprint density at radius 2 is 1.83 bits per heavy atom. The van der Waals surface area contributed by atoms with Gasteiger partial charge in [0, 0.05) is 6.04 Å². The molecule has 3 rings (SSSR count).